The molecule has 4 nitrogen and oxygen atoms in total. The number of pyridine rings is 1. The van der Waals surface area contributed by atoms with Crippen LogP contribution in [0, 0.1) is 0 Å². The van der Waals surface area contributed by atoms with Crippen molar-refractivity contribution in [2.24, 2.45) is 0 Å². The Bertz CT molecular complexity index is 759. The monoisotopic (exact) mass is 248 g/mol. The van der Waals surface area contributed by atoms with Crippen LogP contribution in [0.1, 0.15) is 11.1 Å². The fraction of sp³-hybridized carbons (Fsp3) is 0.0667. The van der Waals surface area contributed by atoms with Gasteiger partial charge in [0.05, 0.1) is 11.4 Å². The van der Waals surface area contributed by atoms with E-state index in [1.807, 2.05) is 30.5 Å². The van der Waals surface area contributed by atoms with E-state index < -0.39 is 0 Å². The summed E-state index contributed by atoms with van der Waals surface area (Å²) in [4.78, 5) is 4.16. The third kappa shape index (κ3) is 1.46. The molecule has 4 heteroatoms. The largest absolute Gasteiger partial charge is 0.399 e. The van der Waals surface area contributed by atoms with Crippen molar-refractivity contribution in [3.8, 4) is 22.5 Å². The van der Waals surface area contributed by atoms with Crippen molar-refractivity contribution in [3.63, 3.8) is 0 Å². The number of nitrogens with zero attached hydrogens (tertiary/aromatic N) is 2. The molecule has 0 aliphatic heterocycles. The lowest BCUT2D eigenvalue weighted by Crippen LogP contribution is -1.89. The predicted octanol–water partition coefficient (Wildman–Crippen LogP) is 2.63. The van der Waals surface area contributed by atoms with E-state index in [0.717, 1.165) is 34.6 Å². The van der Waals surface area contributed by atoms with Crippen LogP contribution in [0.3, 0.4) is 0 Å². The van der Waals surface area contributed by atoms with E-state index >= 15 is 0 Å². The van der Waals surface area contributed by atoms with Gasteiger partial charge in [-0.3, -0.25) is 10.1 Å². The van der Waals surface area contributed by atoms with Crippen molar-refractivity contribution in [1.29, 1.82) is 0 Å². The van der Waals surface area contributed by atoms with E-state index in [9.17, 15) is 0 Å². The minimum absolute atomic E-state index is 0.782. The lowest BCUT2D eigenvalue weighted by atomic mass is 10.1. The van der Waals surface area contributed by atoms with Crippen molar-refractivity contribution in [2.45, 2.75) is 6.42 Å². The summed E-state index contributed by atoms with van der Waals surface area (Å²) in [5.74, 6) is 0. The molecule has 0 saturated heterocycles. The number of nitrogens with one attached hydrogen (secondary N) is 1. The van der Waals surface area contributed by atoms with Crippen molar-refractivity contribution in [1.82, 2.24) is 15.2 Å². The zero-order valence-electron chi connectivity index (χ0n) is 10.2. The molecule has 0 spiro atoms. The normalized spacial score (nSPS) is 12.2. The number of H-pyrrole nitrogens is 1. The smallest absolute Gasteiger partial charge is 0.0978 e. The SMILES string of the molecule is Nc1ccc2c(c1)-c1[nH]nc(-c3cccnc3)c1C2. The Kier molecular flexibility index (Phi) is 2.00. The fourth-order valence-corrected chi connectivity index (χ4v) is 2.67. The summed E-state index contributed by atoms with van der Waals surface area (Å²) in [6.45, 7) is 0. The molecule has 0 amide bonds. The average molecular weight is 248 g/mol. The number of nitrogen functional groups attached to an aromatic ring is 1. The van der Waals surface area contributed by atoms with Gasteiger partial charge >= 0.3 is 0 Å². The number of rotatable bonds is 1. The Hall–Kier alpha value is -2.62. The van der Waals surface area contributed by atoms with Crippen LogP contribution in [0.4, 0.5) is 5.69 Å². The van der Waals surface area contributed by atoms with E-state index in [2.05, 4.69) is 21.2 Å². The highest BCUT2D eigenvalue weighted by molar-refractivity contribution is 5.82. The van der Waals surface area contributed by atoms with Crippen LogP contribution in [-0.2, 0) is 6.42 Å². The van der Waals surface area contributed by atoms with Crippen molar-refractivity contribution in [2.75, 3.05) is 5.73 Å². The molecular weight excluding hydrogens is 236 g/mol. The van der Waals surface area contributed by atoms with E-state index in [1.54, 1.807) is 6.20 Å². The number of fused-ring (bicyclic) bond motifs is 3. The number of hydrogen-bond acceptors (Lipinski definition) is 3. The van der Waals surface area contributed by atoms with Crippen molar-refractivity contribution < 1.29 is 0 Å². The second kappa shape index (κ2) is 3.68. The highest BCUT2D eigenvalue weighted by Crippen LogP contribution is 2.40. The van der Waals surface area contributed by atoms with Crippen LogP contribution in [0.15, 0.2) is 42.7 Å². The number of benzene rings is 1. The topological polar surface area (TPSA) is 67.6 Å². The molecule has 3 N–H and O–H groups in total. The maximum Gasteiger partial charge on any atom is 0.0978 e. The minimum Gasteiger partial charge on any atom is -0.399 e. The third-order valence-corrected chi connectivity index (χ3v) is 3.57. The van der Waals surface area contributed by atoms with Gasteiger partial charge in [0.15, 0.2) is 0 Å². The number of hydrogen-bond donors (Lipinski definition) is 2. The van der Waals surface area contributed by atoms with Crippen LogP contribution in [0.2, 0.25) is 0 Å². The summed E-state index contributed by atoms with van der Waals surface area (Å²) >= 11 is 0. The molecule has 1 aromatic carbocycles. The molecule has 2 heterocycles. The molecule has 19 heavy (non-hydrogen) atoms. The number of nitrogens with two attached hydrogens (primary N) is 1. The lowest BCUT2D eigenvalue weighted by Gasteiger charge is -2.00. The molecule has 2 aromatic heterocycles. The van der Waals surface area contributed by atoms with Gasteiger partial charge in [0.2, 0.25) is 0 Å². The van der Waals surface area contributed by atoms with Gasteiger partial charge in [-0.05, 0) is 29.8 Å². The molecule has 0 saturated carbocycles. The summed E-state index contributed by atoms with van der Waals surface area (Å²) in [7, 11) is 0. The highest BCUT2D eigenvalue weighted by Gasteiger charge is 2.25. The van der Waals surface area contributed by atoms with Crippen molar-refractivity contribution in [3.05, 3.63) is 53.9 Å². The van der Waals surface area contributed by atoms with Gasteiger partial charge in [-0.1, -0.05) is 6.07 Å². The zero-order chi connectivity index (χ0) is 12.8. The van der Waals surface area contributed by atoms with Crippen LogP contribution in [0.5, 0.6) is 0 Å². The molecule has 0 bridgehead atoms. The van der Waals surface area contributed by atoms with Crippen LogP contribution in [-0.4, -0.2) is 15.2 Å². The van der Waals surface area contributed by atoms with E-state index in [4.69, 9.17) is 5.73 Å². The Morgan fingerprint density at radius 3 is 3.00 bits per heavy atom. The predicted molar refractivity (Wildman–Crippen MR) is 74.5 cm³/mol. The zero-order valence-corrected chi connectivity index (χ0v) is 10.2. The molecule has 92 valence electrons. The number of anilines is 1. The number of aromatic amines is 1. The Labute approximate surface area is 110 Å². The summed E-state index contributed by atoms with van der Waals surface area (Å²) in [5.41, 5.74) is 13.4. The van der Waals surface area contributed by atoms with Gasteiger partial charge in [0.1, 0.15) is 0 Å². The number of aromatic nitrogens is 3. The second-order valence-corrected chi connectivity index (χ2v) is 4.76. The summed E-state index contributed by atoms with van der Waals surface area (Å²) < 4.78 is 0. The molecule has 0 atom stereocenters. The maximum absolute atomic E-state index is 5.86. The minimum atomic E-state index is 0.782. The van der Waals surface area contributed by atoms with Gasteiger partial charge < -0.3 is 5.73 Å². The first kappa shape index (κ1) is 10.3. The molecule has 1 aliphatic carbocycles. The van der Waals surface area contributed by atoms with Crippen LogP contribution >= 0.6 is 0 Å². The first-order chi connectivity index (χ1) is 9.33. The van der Waals surface area contributed by atoms with Gasteiger partial charge in [0.25, 0.3) is 0 Å². The molecule has 0 unspecified atom stereocenters. The quantitative estimate of drug-likeness (QED) is 0.509. The Morgan fingerprint density at radius 1 is 1.21 bits per heavy atom. The van der Waals surface area contributed by atoms with Crippen LogP contribution in [0.25, 0.3) is 22.5 Å². The first-order valence-corrected chi connectivity index (χ1v) is 6.19. The Morgan fingerprint density at radius 2 is 2.16 bits per heavy atom. The molecule has 3 aromatic rings. The first-order valence-electron chi connectivity index (χ1n) is 6.19. The van der Waals surface area contributed by atoms with Crippen molar-refractivity contribution >= 4 is 5.69 Å². The highest BCUT2D eigenvalue weighted by atomic mass is 15.1. The summed E-state index contributed by atoms with van der Waals surface area (Å²) in [5, 5.41) is 7.57. The molecule has 0 fully saturated rings. The lowest BCUT2D eigenvalue weighted by molar-refractivity contribution is 1.09. The van der Waals surface area contributed by atoms with E-state index in [0.29, 0.717) is 0 Å². The third-order valence-electron chi connectivity index (χ3n) is 3.57. The summed E-state index contributed by atoms with van der Waals surface area (Å²) in [6.07, 6.45) is 4.51. The molecule has 4 rings (SSSR count). The van der Waals surface area contributed by atoms with E-state index in [1.165, 1.54) is 11.1 Å². The fourth-order valence-electron chi connectivity index (χ4n) is 2.67. The molecular formula is C15H12N4. The van der Waals surface area contributed by atoms with Gasteiger partial charge in [-0.25, -0.2) is 0 Å². The maximum atomic E-state index is 5.86. The van der Waals surface area contributed by atoms with Gasteiger partial charge in [-0.2, -0.15) is 5.10 Å². The molecule has 0 radical (unpaired) electrons. The molecule has 1 aliphatic rings. The average Bonchev–Trinajstić information content (AvgIpc) is 2.99. The summed E-state index contributed by atoms with van der Waals surface area (Å²) in [6, 6.07) is 10.00. The van der Waals surface area contributed by atoms with Gasteiger partial charge in [-0.15, -0.1) is 0 Å². The Balaban J connectivity index is 1.90. The van der Waals surface area contributed by atoms with Gasteiger partial charge in [0, 0.05) is 41.2 Å². The standard InChI is InChI=1S/C15H12N4/c16-11-4-3-9-6-13-14(10-2-1-5-17-8-10)18-19-15(13)12(9)7-11/h1-5,7-8H,6,16H2,(H,18,19). The van der Waals surface area contributed by atoms with E-state index in [-0.39, 0.29) is 0 Å². The van der Waals surface area contributed by atoms with Crippen LogP contribution < -0.4 is 5.73 Å². The second-order valence-electron chi connectivity index (χ2n) is 4.76.